The van der Waals surface area contributed by atoms with Crippen LogP contribution < -0.4 is 5.76 Å². The first-order valence-corrected chi connectivity index (χ1v) is 8.18. The Morgan fingerprint density at radius 1 is 0.720 bits per heavy atom. The minimum atomic E-state index is -0.387. The lowest BCUT2D eigenvalue weighted by Crippen LogP contribution is -2.13. The van der Waals surface area contributed by atoms with Crippen molar-refractivity contribution in [1.29, 1.82) is 0 Å². The van der Waals surface area contributed by atoms with Gasteiger partial charge in [0.05, 0.1) is 5.69 Å². The Bertz CT molecular complexity index is 1040. The second-order valence-electron chi connectivity index (χ2n) is 5.95. The van der Waals surface area contributed by atoms with Crippen LogP contribution in [0.25, 0.3) is 28.3 Å². The van der Waals surface area contributed by atoms with Gasteiger partial charge in [0, 0.05) is 11.1 Å². The summed E-state index contributed by atoms with van der Waals surface area (Å²) in [6.45, 7) is 2.02. The Hall–Kier alpha value is -3.33. The molecular weight excluding hydrogens is 310 g/mol. The van der Waals surface area contributed by atoms with Crippen molar-refractivity contribution in [2.24, 2.45) is 0 Å². The van der Waals surface area contributed by atoms with Gasteiger partial charge in [0.2, 0.25) is 0 Å². The number of hydrogen-bond acceptors (Lipinski definition) is 2. The molecule has 3 nitrogen and oxygen atoms in total. The number of rotatable bonds is 3. The fourth-order valence-electron chi connectivity index (χ4n) is 2.94. The molecule has 0 saturated carbocycles. The van der Waals surface area contributed by atoms with Gasteiger partial charge in [-0.1, -0.05) is 78.4 Å². The van der Waals surface area contributed by atoms with Crippen LogP contribution in [0.1, 0.15) is 5.56 Å². The molecule has 0 N–H and O–H groups in total. The molecule has 4 aromatic rings. The third kappa shape index (κ3) is 2.81. The van der Waals surface area contributed by atoms with E-state index in [1.54, 1.807) is 4.57 Å². The zero-order valence-corrected chi connectivity index (χ0v) is 13.8. The number of aromatic nitrogens is 1. The smallest absolute Gasteiger partial charge is 0.407 e. The number of aryl methyl sites for hydroxylation is 1. The van der Waals surface area contributed by atoms with Crippen LogP contribution in [-0.4, -0.2) is 4.57 Å². The molecule has 0 aliphatic heterocycles. The molecule has 4 rings (SSSR count). The standard InChI is InChI=1S/C22H17NO2/c1-16-12-14-19(15-13-16)23-20(17-8-4-2-5-9-17)21(25-22(23)24)18-10-6-3-7-11-18/h2-15H,1H3. The Morgan fingerprint density at radius 2 is 1.28 bits per heavy atom. The molecule has 0 aliphatic carbocycles. The summed E-state index contributed by atoms with van der Waals surface area (Å²) >= 11 is 0. The maximum Gasteiger partial charge on any atom is 0.424 e. The molecule has 25 heavy (non-hydrogen) atoms. The molecule has 0 aliphatic rings. The topological polar surface area (TPSA) is 35.1 Å². The van der Waals surface area contributed by atoms with Gasteiger partial charge in [0.1, 0.15) is 5.69 Å². The van der Waals surface area contributed by atoms with E-state index in [4.69, 9.17) is 4.42 Å². The van der Waals surface area contributed by atoms with E-state index in [0.717, 1.165) is 28.1 Å². The van der Waals surface area contributed by atoms with Gasteiger partial charge in [-0.25, -0.2) is 9.36 Å². The van der Waals surface area contributed by atoms with E-state index in [0.29, 0.717) is 5.76 Å². The van der Waals surface area contributed by atoms with E-state index in [9.17, 15) is 4.79 Å². The molecule has 122 valence electrons. The van der Waals surface area contributed by atoms with Crippen LogP contribution >= 0.6 is 0 Å². The molecule has 0 fully saturated rings. The molecule has 1 aromatic heterocycles. The number of oxazole rings is 1. The summed E-state index contributed by atoms with van der Waals surface area (Å²) < 4.78 is 7.31. The monoisotopic (exact) mass is 327 g/mol. The normalized spacial score (nSPS) is 10.8. The average molecular weight is 327 g/mol. The molecular formula is C22H17NO2. The minimum Gasteiger partial charge on any atom is -0.407 e. The van der Waals surface area contributed by atoms with Gasteiger partial charge in [-0.15, -0.1) is 0 Å². The summed E-state index contributed by atoms with van der Waals surface area (Å²) in [5.41, 5.74) is 4.52. The Balaban J connectivity index is 2.03. The SMILES string of the molecule is Cc1ccc(-n2c(-c3ccccc3)c(-c3ccccc3)oc2=O)cc1. The van der Waals surface area contributed by atoms with Crippen molar-refractivity contribution in [3.63, 3.8) is 0 Å². The van der Waals surface area contributed by atoms with Gasteiger partial charge >= 0.3 is 5.76 Å². The second-order valence-corrected chi connectivity index (χ2v) is 5.95. The Labute approximate surface area is 145 Å². The zero-order chi connectivity index (χ0) is 17.2. The van der Waals surface area contributed by atoms with Crippen LogP contribution in [0.4, 0.5) is 0 Å². The van der Waals surface area contributed by atoms with Crippen LogP contribution in [0, 0.1) is 6.92 Å². The fourth-order valence-corrected chi connectivity index (χ4v) is 2.94. The van der Waals surface area contributed by atoms with Crippen molar-refractivity contribution in [2.45, 2.75) is 6.92 Å². The van der Waals surface area contributed by atoms with Crippen LogP contribution in [-0.2, 0) is 0 Å². The van der Waals surface area contributed by atoms with E-state index in [1.807, 2.05) is 91.9 Å². The van der Waals surface area contributed by atoms with Gasteiger partial charge in [-0.05, 0) is 19.1 Å². The largest absolute Gasteiger partial charge is 0.424 e. The van der Waals surface area contributed by atoms with E-state index in [2.05, 4.69) is 0 Å². The fraction of sp³-hybridized carbons (Fsp3) is 0.0455. The zero-order valence-electron chi connectivity index (χ0n) is 13.8. The lowest BCUT2D eigenvalue weighted by Gasteiger charge is -2.09. The first kappa shape index (κ1) is 15.2. The van der Waals surface area contributed by atoms with E-state index in [-0.39, 0.29) is 5.76 Å². The lowest BCUT2D eigenvalue weighted by molar-refractivity contribution is 0.516. The van der Waals surface area contributed by atoms with Gasteiger partial charge in [0.15, 0.2) is 5.76 Å². The molecule has 0 spiro atoms. The van der Waals surface area contributed by atoms with Gasteiger partial charge in [0.25, 0.3) is 0 Å². The molecule has 0 bridgehead atoms. The highest BCUT2D eigenvalue weighted by Crippen LogP contribution is 2.33. The lowest BCUT2D eigenvalue weighted by atomic mass is 10.1. The highest BCUT2D eigenvalue weighted by Gasteiger charge is 2.20. The first-order chi connectivity index (χ1) is 12.2. The third-order valence-corrected chi connectivity index (χ3v) is 4.19. The number of benzene rings is 3. The third-order valence-electron chi connectivity index (χ3n) is 4.19. The summed E-state index contributed by atoms with van der Waals surface area (Å²) in [5.74, 6) is 0.193. The molecule has 0 amide bonds. The summed E-state index contributed by atoms with van der Waals surface area (Å²) in [6, 6.07) is 27.4. The molecule has 0 atom stereocenters. The van der Waals surface area contributed by atoms with Crippen LogP contribution in [0.15, 0.2) is 94.1 Å². The molecule has 3 aromatic carbocycles. The van der Waals surface area contributed by atoms with Crippen molar-refractivity contribution in [1.82, 2.24) is 4.57 Å². The van der Waals surface area contributed by atoms with Crippen molar-refractivity contribution in [2.75, 3.05) is 0 Å². The molecule has 0 radical (unpaired) electrons. The predicted molar refractivity (Wildman–Crippen MR) is 99.9 cm³/mol. The van der Waals surface area contributed by atoms with Gasteiger partial charge in [-0.3, -0.25) is 0 Å². The summed E-state index contributed by atoms with van der Waals surface area (Å²) in [6.07, 6.45) is 0. The first-order valence-electron chi connectivity index (χ1n) is 8.18. The van der Waals surface area contributed by atoms with Crippen molar-refractivity contribution < 1.29 is 4.42 Å². The van der Waals surface area contributed by atoms with Crippen molar-refractivity contribution in [3.8, 4) is 28.3 Å². The summed E-state index contributed by atoms with van der Waals surface area (Å²) in [5, 5.41) is 0. The van der Waals surface area contributed by atoms with E-state index >= 15 is 0 Å². The minimum absolute atomic E-state index is 0.387. The van der Waals surface area contributed by atoms with Crippen LogP contribution in [0.2, 0.25) is 0 Å². The molecule has 3 heteroatoms. The maximum absolute atomic E-state index is 12.7. The van der Waals surface area contributed by atoms with Gasteiger partial charge in [-0.2, -0.15) is 0 Å². The number of hydrogen-bond donors (Lipinski definition) is 0. The Kier molecular flexibility index (Phi) is 3.82. The van der Waals surface area contributed by atoms with Crippen LogP contribution in [0.5, 0.6) is 0 Å². The van der Waals surface area contributed by atoms with Crippen molar-refractivity contribution in [3.05, 3.63) is 101 Å². The Morgan fingerprint density at radius 3 is 1.88 bits per heavy atom. The highest BCUT2D eigenvalue weighted by atomic mass is 16.4. The molecule has 1 heterocycles. The number of nitrogens with zero attached hydrogens (tertiary/aromatic N) is 1. The summed E-state index contributed by atoms with van der Waals surface area (Å²) in [4.78, 5) is 12.7. The van der Waals surface area contributed by atoms with Crippen LogP contribution in [0.3, 0.4) is 0 Å². The molecule has 0 saturated heterocycles. The predicted octanol–water partition coefficient (Wildman–Crippen LogP) is 5.07. The maximum atomic E-state index is 12.7. The quantitative estimate of drug-likeness (QED) is 0.526. The molecule has 0 unspecified atom stereocenters. The summed E-state index contributed by atoms with van der Waals surface area (Å²) in [7, 11) is 0. The van der Waals surface area contributed by atoms with E-state index < -0.39 is 0 Å². The van der Waals surface area contributed by atoms with Gasteiger partial charge < -0.3 is 4.42 Å². The highest BCUT2D eigenvalue weighted by molar-refractivity contribution is 5.78. The van der Waals surface area contributed by atoms with E-state index in [1.165, 1.54) is 0 Å². The average Bonchev–Trinajstić information content (AvgIpc) is 3.01. The van der Waals surface area contributed by atoms with Crippen molar-refractivity contribution >= 4 is 0 Å². The second kappa shape index (κ2) is 6.29.